The third-order valence-electron chi connectivity index (χ3n) is 7.65. The smallest absolute Gasteiger partial charge is 0.416 e. The van der Waals surface area contributed by atoms with Crippen molar-refractivity contribution in [2.24, 2.45) is 0 Å². The van der Waals surface area contributed by atoms with Gasteiger partial charge in [-0.3, -0.25) is 9.78 Å². The van der Waals surface area contributed by atoms with Crippen LogP contribution >= 0.6 is 0 Å². The summed E-state index contributed by atoms with van der Waals surface area (Å²) in [4.78, 5) is 41.3. The van der Waals surface area contributed by atoms with Crippen molar-refractivity contribution < 1.29 is 28.6 Å². The monoisotopic (exact) mass is 589 g/mol. The first-order valence-electron chi connectivity index (χ1n) is 16.4. The van der Waals surface area contributed by atoms with Gasteiger partial charge in [0.25, 0.3) is 0 Å². The van der Waals surface area contributed by atoms with E-state index in [9.17, 15) is 14.4 Å². The maximum Gasteiger partial charge on any atom is 0.416 e. The summed E-state index contributed by atoms with van der Waals surface area (Å²) in [6.07, 6.45) is 21.7. The molecule has 1 aromatic rings. The predicted molar refractivity (Wildman–Crippen MR) is 164 cm³/mol. The number of carbonyl (C=O) groups excluding carboxylic acids is 3. The lowest BCUT2D eigenvalue weighted by molar-refractivity contribution is -0.160. The van der Waals surface area contributed by atoms with Crippen LogP contribution in [0.1, 0.15) is 129 Å². The molecule has 2 atom stereocenters. The Labute approximate surface area is 253 Å². The van der Waals surface area contributed by atoms with Gasteiger partial charge in [0, 0.05) is 26.1 Å². The molecule has 1 aromatic heterocycles. The van der Waals surface area contributed by atoms with Gasteiger partial charge in [0.15, 0.2) is 0 Å². The third kappa shape index (κ3) is 16.7. The number of rotatable bonds is 23. The van der Waals surface area contributed by atoms with Gasteiger partial charge in [-0.05, 0) is 18.6 Å². The summed E-state index contributed by atoms with van der Waals surface area (Å²) in [5.41, 5.74) is 0.592. The van der Waals surface area contributed by atoms with Crippen molar-refractivity contribution in [2.45, 2.75) is 142 Å². The van der Waals surface area contributed by atoms with Crippen LogP contribution < -0.4 is 5.32 Å². The first-order valence-corrected chi connectivity index (χ1v) is 16.4. The molecule has 9 heteroatoms. The number of carbonyl (C=O) groups is 3. The Balaban J connectivity index is 1.35. The molecule has 0 saturated carbocycles. The molecule has 0 radical (unpaired) electrons. The van der Waals surface area contributed by atoms with E-state index in [1.807, 2.05) is 0 Å². The van der Waals surface area contributed by atoms with Gasteiger partial charge in [-0.1, -0.05) is 109 Å². The van der Waals surface area contributed by atoms with Crippen LogP contribution in [0.3, 0.4) is 0 Å². The molecule has 238 valence electrons. The maximum absolute atomic E-state index is 12.3. The summed E-state index contributed by atoms with van der Waals surface area (Å²) in [6, 6.07) is 5.29. The Morgan fingerprint density at radius 1 is 0.833 bits per heavy atom. The van der Waals surface area contributed by atoms with E-state index in [0.29, 0.717) is 18.7 Å². The fraction of sp³-hybridized carbons (Fsp3) is 0.758. The summed E-state index contributed by atoms with van der Waals surface area (Å²) in [5.74, 6) is -0.419. The Morgan fingerprint density at radius 3 is 1.86 bits per heavy atom. The van der Waals surface area contributed by atoms with Crippen LogP contribution in [-0.4, -0.2) is 59.9 Å². The molecule has 3 amide bonds. The van der Waals surface area contributed by atoms with Crippen molar-refractivity contribution in [3.8, 4) is 0 Å². The molecule has 0 aromatic carbocycles. The largest absolute Gasteiger partial charge is 0.447 e. The molecule has 1 saturated heterocycles. The molecular weight excluding hydrogens is 534 g/mol. The van der Waals surface area contributed by atoms with Crippen LogP contribution in [0.2, 0.25) is 0 Å². The summed E-state index contributed by atoms with van der Waals surface area (Å²) in [5, 5.41) is 2.80. The second-order valence-electron chi connectivity index (χ2n) is 11.4. The van der Waals surface area contributed by atoms with Crippen molar-refractivity contribution >= 4 is 18.1 Å². The zero-order chi connectivity index (χ0) is 30.3. The topological polar surface area (TPSA) is 107 Å². The number of alkyl carbamates (subject to hydrolysis) is 1. The van der Waals surface area contributed by atoms with Crippen molar-refractivity contribution in [3.63, 3.8) is 0 Å². The first-order chi connectivity index (χ1) is 20.5. The van der Waals surface area contributed by atoms with Crippen LogP contribution in [0.4, 0.5) is 9.59 Å². The molecule has 0 aliphatic carbocycles. The van der Waals surface area contributed by atoms with Crippen LogP contribution in [0.5, 0.6) is 0 Å². The second kappa shape index (κ2) is 22.9. The number of hydrogen-bond donors (Lipinski definition) is 1. The molecule has 0 bridgehead atoms. The number of nitrogens with zero attached hydrogens (tertiary/aromatic N) is 2. The van der Waals surface area contributed by atoms with Gasteiger partial charge in [-0.25, -0.2) is 14.5 Å². The van der Waals surface area contributed by atoms with Gasteiger partial charge in [-0.15, -0.1) is 0 Å². The number of unbranched alkanes of at least 4 members (excludes halogenated alkanes) is 15. The fourth-order valence-corrected chi connectivity index (χ4v) is 5.05. The molecule has 0 unspecified atom stereocenters. The molecule has 1 aliphatic rings. The highest BCUT2D eigenvalue weighted by atomic mass is 16.6. The standard InChI is InChI=1S/C33H55N3O6/c1-3-4-5-6-7-8-9-10-11-12-13-14-15-16-17-19-23-35-32(38)40-26-30-24-31(42-30)27-41-33(39)36(28(2)37)25-29-21-18-20-22-34-29/h18,20-22,30-31H,3-17,19,23-27H2,1-2H3,(H,35,38)/t30-,31-/m0/s1. The van der Waals surface area contributed by atoms with Gasteiger partial charge in [0.05, 0.1) is 24.4 Å². The van der Waals surface area contributed by atoms with E-state index in [-0.39, 0.29) is 32.0 Å². The number of nitrogens with one attached hydrogen (secondary N) is 1. The van der Waals surface area contributed by atoms with Crippen LogP contribution in [-0.2, 0) is 25.5 Å². The van der Waals surface area contributed by atoms with Crippen molar-refractivity contribution in [1.82, 2.24) is 15.2 Å². The van der Waals surface area contributed by atoms with Crippen LogP contribution in [0.15, 0.2) is 24.4 Å². The Bertz CT molecular complexity index is 863. The van der Waals surface area contributed by atoms with E-state index >= 15 is 0 Å². The van der Waals surface area contributed by atoms with Crippen molar-refractivity contribution in [1.29, 1.82) is 0 Å². The molecule has 2 rings (SSSR count). The minimum absolute atomic E-state index is 0.0345. The van der Waals surface area contributed by atoms with Gasteiger partial charge in [-0.2, -0.15) is 0 Å². The van der Waals surface area contributed by atoms with E-state index in [1.54, 1.807) is 24.4 Å². The highest BCUT2D eigenvalue weighted by Crippen LogP contribution is 2.21. The lowest BCUT2D eigenvalue weighted by atomic mass is 10.0. The van der Waals surface area contributed by atoms with Crippen LogP contribution in [0, 0.1) is 0 Å². The third-order valence-corrected chi connectivity index (χ3v) is 7.65. The van der Waals surface area contributed by atoms with Crippen molar-refractivity contribution in [3.05, 3.63) is 30.1 Å². The average Bonchev–Trinajstić information content (AvgIpc) is 2.96. The number of ether oxygens (including phenoxy) is 3. The van der Waals surface area contributed by atoms with E-state index in [4.69, 9.17) is 14.2 Å². The first kappa shape index (κ1) is 35.5. The summed E-state index contributed by atoms with van der Waals surface area (Å²) >= 11 is 0. The number of aromatic nitrogens is 1. The summed E-state index contributed by atoms with van der Waals surface area (Å²) < 4.78 is 16.1. The predicted octanol–water partition coefficient (Wildman–Crippen LogP) is 7.71. The lowest BCUT2D eigenvalue weighted by Gasteiger charge is -2.35. The van der Waals surface area contributed by atoms with E-state index < -0.39 is 18.1 Å². The Hall–Kier alpha value is -2.68. The van der Waals surface area contributed by atoms with E-state index in [2.05, 4.69) is 17.2 Å². The second-order valence-corrected chi connectivity index (χ2v) is 11.4. The van der Waals surface area contributed by atoms with E-state index in [0.717, 1.165) is 17.7 Å². The minimum Gasteiger partial charge on any atom is -0.447 e. The maximum atomic E-state index is 12.3. The zero-order valence-electron chi connectivity index (χ0n) is 26.2. The van der Waals surface area contributed by atoms with Gasteiger partial charge in [0.1, 0.15) is 13.2 Å². The molecule has 2 heterocycles. The van der Waals surface area contributed by atoms with Crippen molar-refractivity contribution in [2.75, 3.05) is 19.8 Å². The number of amides is 3. The van der Waals surface area contributed by atoms with Crippen LogP contribution in [0.25, 0.3) is 0 Å². The molecule has 0 spiro atoms. The van der Waals surface area contributed by atoms with E-state index in [1.165, 1.54) is 96.8 Å². The molecule has 42 heavy (non-hydrogen) atoms. The molecule has 1 fully saturated rings. The summed E-state index contributed by atoms with van der Waals surface area (Å²) in [7, 11) is 0. The molecule has 9 nitrogen and oxygen atoms in total. The quantitative estimate of drug-likeness (QED) is 0.130. The minimum atomic E-state index is -0.732. The fourth-order valence-electron chi connectivity index (χ4n) is 5.05. The molecular formula is C33H55N3O6. The summed E-state index contributed by atoms with van der Waals surface area (Å²) in [6.45, 7) is 4.44. The molecule has 1 aliphatic heterocycles. The number of imide groups is 1. The highest BCUT2D eigenvalue weighted by molar-refractivity contribution is 5.90. The Morgan fingerprint density at radius 2 is 1.36 bits per heavy atom. The normalized spacial score (nSPS) is 16.0. The average molecular weight is 590 g/mol. The lowest BCUT2D eigenvalue weighted by Crippen LogP contribution is -2.45. The Kier molecular flexibility index (Phi) is 19.3. The zero-order valence-corrected chi connectivity index (χ0v) is 26.2. The number of hydrogen-bond acceptors (Lipinski definition) is 7. The van der Waals surface area contributed by atoms with Gasteiger partial charge >= 0.3 is 12.2 Å². The number of pyridine rings is 1. The molecule has 1 N–H and O–H groups in total. The SMILES string of the molecule is CCCCCCCCCCCCCCCCCCNC(=O)OC[C@@H]1C[C@@H](COC(=O)N(Cc2ccccn2)C(C)=O)O1. The highest BCUT2D eigenvalue weighted by Gasteiger charge is 2.33. The van der Waals surface area contributed by atoms with Gasteiger partial charge in [0.2, 0.25) is 5.91 Å². The van der Waals surface area contributed by atoms with Gasteiger partial charge < -0.3 is 19.5 Å².